The molecule has 0 bridgehead atoms. The smallest absolute Gasteiger partial charge is 0.282 e. The van der Waals surface area contributed by atoms with Crippen LogP contribution in [0.25, 0.3) is 5.57 Å². The zero-order valence-electron chi connectivity index (χ0n) is 19.1. The Balaban J connectivity index is 1.87. The Morgan fingerprint density at radius 2 is 1.55 bits per heavy atom. The Morgan fingerprint density at radius 1 is 0.848 bits per heavy atom. The maximum atomic E-state index is 13.7. The van der Waals surface area contributed by atoms with E-state index < -0.39 is 11.8 Å². The van der Waals surface area contributed by atoms with Gasteiger partial charge >= 0.3 is 0 Å². The molecule has 1 aliphatic heterocycles. The SMILES string of the molecule is CCOc1ccccc1NC1=C(c2ccc(C)c(C)c2)C(=O)N(c2ccccc2OC)C1=O. The van der Waals surface area contributed by atoms with Gasteiger partial charge in [-0.2, -0.15) is 0 Å². The number of benzene rings is 3. The van der Waals surface area contributed by atoms with Crippen LogP contribution in [0.2, 0.25) is 0 Å². The summed E-state index contributed by atoms with van der Waals surface area (Å²) in [7, 11) is 1.51. The van der Waals surface area contributed by atoms with Crippen LogP contribution in [0.4, 0.5) is 11.4 Å². The van der Waals surface area contributed by atoms with Crippen molar-refractivity contribution in [3.63, 3.8) is 0 Å². The van der Waals surface area contributed by atoms with Crippen molar-refractivity contribution in [3.8, 4) is 11.5 Å². The first-order valence-corrected chi connectivity index (χ1v) is 10.8. The average Bonchev–Trinajstić information content (AvgIpc) is 3.06. The normalized spacial score (nSPS) is 13.5. The number of hydrogen-bond acceptors (Lipinski definition) is 5. The zero-order valence-corrected chi connectivity index (χ0v) is 19.1. The van der Waals surface area contributed by atoms with Gasteiger partial charge in [0.25, 0.3) is 11.8 Å². The highest BCUT2D eigenvalue weighted by atomic mass is 16.5. The van der Waals surface area contributed by atoms with E-state index in [2.05, 4.69) is 5.32 Å². The number of imide groups is 1. The minimum atomic E-state index is -0.455. The quantitative estimate of drug-likeness (QED) is 0.515. The molecule has 0 fully saturated rings. The van der Waals surface area contributed by atoms with Gasteiger partial charge in [-0.1, -0.05) is 42.5 Å². The third-order valence-electron chi connectivity index (χ3n) is 5.65. The number of amides is 2. The van der Waals surface area contributed by atoms with E-state index in [1.165, 1.54) is 7.11 Å². The molecule has 2 amide bonds. The lowest BCUT2D eigenvalue weighted by Crippen LogP contribution is -2.32. The summed E-state index contributed by atoms with van der Waals surface area (Å²) >= 11 is 0. The van der Waals surface area contributed by atoms with Gasteiger partial charge in [-0.15, -0.1) is 0 Å². The predicted molar refractivity (Wildman–Crippen MR) is 130 cm³/mol. The van der Waals surface area contributed by atoms with Gasteiger partial charge in [0.05, 0.1) is 30.7 Å². The highest BCUT2D eigenvalue weighted by Gasteiger charge is 2.41. The summed E-state index contributed by atoms with van der Waals surface area (Å²) in [5, 5.41) is 3.20. The lowest BCUT2D eigenvalue weighted by atomic mass is 9.99. The molecular formula is C27H26N2O4. The number of nitrogens with zero attached hydrogens (tertiary/aromatic N) is 1. The number of hydrogen-bond donors (Lipinski definition) is 1. The van der Waals surface area contributed by atoms with Crippen LogP contribution in [0.5, 0.6) is 11.5 Å². The molecule has 1 N–H and O–H groups in total. The van der Waals surface area contributed by atoms with Crippen molar-refractivity contribution >= 4 is 28.8 Å². The summed E-state index contributed by atoms with van der Waals surface area (Å²) in [6.07, 6.45) is 0. The van der Waals surface area contributed by atoms with Crippen LogP contribution in [0.1, 0.15) is 23.6 Å². The van der Waals surface area contributed by atoms with Crippen LogP contribution in [-0.2, 0) is 9.59 Å². The number of carbonyl (C=O) groups is 2. The van der Waals surface area contributed by atoms with E-state index in [4.69, 9.17) is 9.47 Å². The van der Waals surface area contributed by atoms with Crippen LogP contribution >= 0.6 is 0 Å². The second-order valence-corrected chi connectivity index (χ2v) is 7.72. The number of ether oxygens (including phenoxy) is 2. The Morgan fingerprint density at radius 3 is 2.24 bits per heavy atom. The average molecular weight is 443 g/mol. The van der Waals surface area contributed by atoms with Crippen LogP contribution in [0.15, 0.2) is 72.4 Å². The number of methoxy groups -OCH3 is 1. The number of rotatable bonds is 7. The summed E-state index contributed by atoms with van der Waals surface area (Å²) in [6, 6.07) is 20.1. The predicted octanol–water partition coefficient (Wildman–Crippen LogP) is 5.11. The van der Waals surface area contributed by atoms with Crippen molar-refractivity contribution in [2.24, 2.45) is 0 Å². The van der Waals surface area contributed by atoms with Gasteiger partial charge in [0, 0.05) is 0 Å². The van der Waals surface area contributed by atoms with Gasteiger partial charge in [-0.3, -0.25) is 9.59 Å². The number of anilines is 2. The van der Waals surface area contributed by atoms with Gasteiger partial charge in [0.2, 0.25) is 0 Å². The molecule has 0 spiro atoms. The molecule has 0 saturated heterocycles. The summed E-state index contributed by atoms with van der Waals surface area (Å²) < 4.78 is 11.1. The lowest BCUT2D eigenvalue weighted by molar-refractivity contribution is -0.120. The fraction of sp³-hybridized carbons (Fsp3) is 0.185. The summed E-state index contributed by atoms with van der Waals surface area (Å²) in [6.45, 7) is 6.36. The molecule has 0 unspecified atom stereocenters. The van der Waals surface area contributed by atoms with Gasteiger partial charge in [-0.05, 0) is 61.7 Å². The minimum absolute atomic E-state index is 0.196. The van der Waals surface area contributed by atoms with E-state index >= 15 is 0 Å². The second-order valence-electron chi connectivity index (χ2n) is 7.72. The van der Waals surface area contributed by atoms with Crippen molar-refractivity contribution in [2.45, 2.75) is 20.8 Å². The van der Waals surface area contributed by atoms with Crippen molar-refractivity contribution in [2.75, 3.05) is 23.9 Å². The molecule has 33 heavy (non-hydrogen) atoms. The van der Waals surface area contributed by atoms with Crippen LogP contribution in [0, 0.1) is 13.8 Å². The number of aryl methyl sites for hydroxylation is 2. The molecule has 6 heteroatoms. The van der Waals surface area contributed by atoms with Crippen molar-refractivity contribution in [1.82, 2.24) is 0 Å². The molecule has 3 aromatic carbocycles. The van der Waals surface area contributed by atoms with Gasteiger partial charge in [0.1, 0.15) is 17.2 Å². The first-order chi connectivity index (χ1) is 16.0. The lowest BCUT2D eigenvalue weighted by Gasteiger charge is -2.18. The molecule has 0 saturated carbocycles. The van der Waals surface area contributed by atoms with Gasteiger partial charge < -0.3 is 14.8 Å². The van der Waals surface area contributed by atoms with E-state index in [0.29, 0.717) is 40.6 Å². The topological polar surface area (TPSA) is 67.9 Å². The van der Waals surface area contributed by atoms with Crippen LogP contribution in [-0.4, -0.2) is 25.5 Å². The van der Waals surface area contributed by atoms with Crippen molar-refractivity contribution in [3.05, 3.63) is 89.1 Å². The Kier molecular flexibility index (Phi) is 6.18. The van der Waals surface area contributed by atoms with Crippen molar-refractivity contribution < 1.29 is 19.1 Å². The molecule has 3 aromatic rings. The van der Waals surface area contributed by atoms with E-state index in [1.54, 1.807) is 24.3 Å². The molecular weight excluding hydrogens is 416 g/mol. The van der Waals surface area contributed by atoms with Crippen molar-refractivity contribution in [1.29, 1.82) is 0 Å². The maximum absolute atomic E-state index is 13.7. The maximum Gasteiger partial charge on any atom is 0.282 e. The van der Waals surface area contributed by atoms with E-state index in [9.17, 15) is 9.59 Å². The minimum Gasteiger partial charge on any atom is -0.495 e. The molecule has 1 aliphatic rings. The number of nitrogens with one attached hydrogen (secondary N) is 1. The third kappa shape index (κ3) is 4.07. The highest BCUT2D eigenvalue weighted by Crippen LogP contribution is 2.39. The Labute approximate surface area is 193 Å². The van der Waals surface area contributed by atoms with E-state index in [0.717, 1.165) is 16.0 Å². The number of para-hydroxylation sites is 4. The first kappa shape index (κ1) is 22.1. The van der Waals surface area contributed by atoms with E-state index in [-0.39, 0.29) is 5.70 Å². The molecule has 0 aliphatic carbocycles. The monoisotopic (exact) mass is 442 g/mol. The summed E-state index contributed by atoms with van der Waals surface area (Å²) in [4.78, 5) is 28.6. The molecule has 4 rings (SSSR count). The van der Waals surface area contributed by atoms with Gasteiger partial charge in [0.15, 0.2) is 0 Å². The van der Waals surface area contributed by atoms with Crippen LogP contribution < -0.4 is 19.7 Å². The molecule has 168 valence electrons. The Hall–Kier alpha value is -4.06. The molecule has 6 nitrogen and oxygen atoms in total. The molecule has 1 heterocycles. The third-order valence-corrected chi connectivity index (χ3v) is 5.65. The highest BCUT2D eigenvalue weighted by molar-refractivity contribution is 6.46. The molecule has 0 aromatic heterocycles. The molecule has 0 atom stereocenters. The zero-order chi connectivity index (χ0) is 23.5. The summed E-state index contributed by atoms with van der Waals surface area (Å²) in [5.41, 5.74) is 4.32. The number of carbonyl (C=O) groups excluding carboxylic acids is 2. The second kappa shape index (κ2) is 9.20. The van der Waals surface area contributed by atoms with E-state index in [1.807, 2.05) is 63.2 Å². The fourth-order valence-electron chi connectivity index (χ4n) is 3.83. The first-order valence-electron chi connectivity index (χ1n) is 10.8. The standard InChI is InChI=1S/C27H26N2O4/c1-5-33-22-12-8-6-10-20(22)28-25-24(19-15-14-17(2)18(3)16-19)26(30)29(27(25)31)21-11-7-9-13-23(21)32-4/h6-16,28H,5H2,1-4H3. The van der Waals surface area contributed by atoms with Crippen LogP contribution in [0.3, 0.4) is 0 Å². The summed E-state index contributed by atoms with van der Waals surface area (Å²) in [5.74, 6) is 0.172. The Bertz CT molecular complexity index is 1260. The molecule has 0 radical (unpaired) electrons. The van der Waals surface area contributed by atoms with Gasteiger partial charge in [-0.25, -0.2) is 4.90 Å². The largest absolute Gasteiger partial charge is 0.495 e. The fourth-order valence-corrected chi connectivity index (χ4v) is 3.83.